The van der Waals surface area contributed by atoms with E-state index in [1.807, 2.05) is 0 Å². The second kappa shape index (κ2) is 5.75. The summed E-state index contributed by atoms with van der Waals surface area (Å²) in [5, 5.41) is 6.30. The lowest BCUT2D eigenvalue weighted by Crippen LogP contribution is -2.29. The summed E-state index contributed by atoms with van der Waals surface area (Å²) in [4.78, 5) is 11.5. The third-order valence-electron chi connectivity index (χ3n) is 1.94. The van der Waals surface area contributed by atoms with Crippen molar-refractivity contribution in [2.45, 2.75) is 32.1 Å². The van der Waals surface area contributed by atoms with Gasteiger partial charge >= 0.3 is 0 Å². The van der Waals surface area contributed by atoms with Crippen LogP contribution in [0, 0.1) is 6.92 Å². The Kier molecular flexibility index (Phi) is 4.62. The number of nitrogens with zero attached hydrogens (tertiary/aromatic N) is 1. The molecule has 0 aliphatic heterocycles. The van der Waals surface area contributed by atoms with E-state index >= 15 is 0 Å². The zero-order chi connectivity index (χ0) is 11.3. The molecule has 0 saturated carbocycles. The van der Waals surface area contributed by atoms with Crippen LogP contribution in [0.5, 0.6) is 0 Å². The van der Waals surface area contributed by atoms with E-state index < -0.39 is 0 Å². The quantitative estimate of drug-likeness (QED) is 0.789. The van der Waals surface area contributed by atoms with E-state index in [-0.39, 0.29) is 17.0 Å². The molecule has 0 aromatic carbocycles. The molecule has 1 aromatic rings. The fourth-order valence-corrected chi connectivity index (χ4v) is 1.47. The molecule has 1 atom stereocenters. The molecule has 1 unspecified atom stereocenters. The molecular weight excluding hydrogens is 216 g/mol. The zero-order valence-corrected chi connectivity index (χ0v) is 9.67. The van der Waals surface area contributed by atoms with Gasteiger partial charge in [-0.3, -0.25) is 4.79 Å². The average Bonchev–Trinajstić information content (AvgIpc) is 2.62. The van der Waals surface area contributed by atoms with E-state index in [9.17, 15) is 4.79 Å². The molecule has 1 amide bonds. The van der Waals surface area contributed by atoms with Crippen LogP contribution in [-0.4, -0.2) is 23.0 Å². The van der Waals surface area contributed by atoms with Crippen molar-refractivity contribution in [1.82, 2.24) is 10.5 Å². The average molecular weight is 231 g/mol. The predicted molar refractivity (Wildman–Crippen MR) is 58.1 cm³/mol. The van der Waals surface area contributed by atoms with Crippen molar-refractivity contribution in [2.24, 2.45) is 0 Å². The standard InChI is InChI=1S/C10H15ClN2O2/c1-3-4-8(11)6-12-10(14)9-5-7(2)13-15-9/h5,8H,3-4,6H2,1-2H3,(H,12,14). The molecule has 0 fully saturated rings. The maximum absolute atomic E-state index is 11.5. The van der Waals surface area contributed by atoms with Gasteiger partial charge in [0.15, 0.2) is 0 Å². The van der Waals surface area contributed by atoms with Gasteiger partial charge in [0.2, 0.25) is 5.76 Å². The molecule has 0 spiro atoms. The molecule has 0 saturated heterocycles. The highest BCUT2D eigenvalue weighted by molar-refractivity contribution is 6.20. The van der Waals surface area contributed by atoms with Gasteiger partial charge in [0.25, 0.3) is 5.91 Å². The number of halogens is 1. The summed E-state index contributed by atoms with van der Waals surface area (Å²) in [7, 11) is 0. The number of hydrogen-bond acceptors (Lipinski definition) is 3. The summed E-state index contributed by atoms with van der Waals surface area (Å²) in [6.07, 6.45) is 1.89. The smallest absolute Gasteiger partial charge is 0.289 e. The minimum absolute atomic E-state index is 0.0250. The number of nitrogens with one attached hydrogen (secondary N) is 1. The number of alkyl halides is 1. The first-order valence-corrected chi connectivity index (χ1v) is 5.42. The molecule has 1 heterocycles. The monoisotopic (exact) mass is 230 g/mol. The van der Waals surface area contributed by atoms with Gasteiger partial charge in [-0.2, -0.15) is 0 Å². The summed E-state index contributed by atoms with van der Waals surface area (Å²) in [5.74, 6) is -0.0368. The van der Waals surface area contributed by atoms with Crippen LogP contribution < -0.4 is 5.32 Å². The summed E-state index contributed by atoms with van der Waals surface area (Å²) in [6.45, 7) is 4.27. The molecule has 1 aromatic heterocycles. The van der Waals surface area contributed by atoms with Gasteiger partial charge < -0.3 is 9.84 Å². The van der Waals surface area contributed by atoms with Crippen LogP contribution in [0.1, 0.15) is 36.0 Å². The molecule has 0 bridgehead atoms. The molecule has 15 heavy (non-hydrogen) atoms. The lowest BCUT2D eigenvalue weighted by atomic mass is 10.2. The molecule has 0 radical (unpaired) electrons. The Morgan fingerprint density at radius 2 is 2.47 bits per heavy atom. The van der Waals surface area contributed by atoms with Gasteiger partial charge in [-0.25, -0.2) is 0 Å². The second-order valence-electron chi connectivity index (χ2n) is 3.43. The van der Waals surface area contributed by atoms with E-state index in [4.69, 9.17) is 16.1 Å². The van der Waals surface area contributed by atoms with Crippen molar-refractivity contribution in [3.8, 4) is 0 Å². The molecule has 0 aliphatic rings. The Hall–Kier alpha value is -1.03. The van der Waals surface area contributed by atoms with E-state index in [2.05, 4.69) is 17.4 Å². The number of amides is 1. The second-order valence-corrected chi connectivity index (χ2v) is 4.05. The molecule has 0 aliphatic carbocycles. The lowest BCUT2D eigenvalue weighted by Gasteiger charge is -2.07. The molecule has 4 nitrogen and oxygen atoms in total. The van der Waals surface area contributed by atoms with Crippen LogP contribution in [0.3, 0.4) is 0 Å². The maximum atomic E-state index is 11.5. The Balaban J connectivity index is 2.36. The number of carbonyl (C=O) groups excluding carboxylic acids is 1. The van der Waals surface area contributed by atoms with Crippen molar-refractivity contribution in [2.75, 3.05) is 6.54 Å². The fourth-order valence-electron chi connectivity index (χ4n) is 1.18. The van der Waals surface area contributed by atoms with Crippen molar-refractivity contribution in [1.29, 1.82) is 0 Å². The zero-order valence-electron chi connectivity index (χ0n) is 8.92. The van der Waals surface area contributed by atoms with E-state index in [0.717, 1.165) is 12.8 Å². The minimum atomic E-state index is -0.266. The number of carbonyl (C=O) groups is 1. The van der Waals surface area contributed by atoms with Gasteiger partial charge in [-0.05, 0) is 13.3 Å². The van der Waals surface area contributed by atoms with Gasteiger partial charge in [0.1, 0.15) is 0 Å². The van der Waals surface area contributed by atoms with E-state index in [1.165, 1.54) is 0 Å². The Labute approximate surface area is 94.0 Å². The van der Waals surface area contributed by atoms with Crippen molar-refractivity contribution < 1.29 is 9.32 Å². The van der Waals surface area contributed by atoms with E-state index in [1.54, 1.807) is 13.0 Å². The topological polar surface area (TPSA) is 55.1 Å². The van der Waals surface area contributed by atoms with E-state index in [0.29, 0.717) is 12.2 Å². The number of hydrogen-bond donors (Lipinski definition) is 1. The lowest BCUT2D eigenvalue weighted by molar-refractivity contribution is 0.0916. The van der Waals surface area contributed by atoms with Gasteiger partial charge in [-0.1, -0.05) is 18.5 Å². The first-order chi connectivity index (χ1) is 7.13. The summed E-state index contributed by atoms with van der Waals surface area (Å²) < 4.78 is 4.81. The van der Waals surface area contributed by atoms with Gasteiger partial charge in [0, 0.05) is 12.6 Å². The molecule has 1 N–H and O–H groups in total. The Bertz CT molecular complexity index is 325. The largest absolute Gasteiger partial charge is 0.351 e. The number of rotatable bonds is 5. The highest BCUT2D eigenvalue weighted by Gasteiger charge is 2.12. The maximum Gasteiger partial charge on any atom is 0.289 e. The van der Waals surface area contributed by atoms with Crippen molar-refractivity contribution >= 4 is 17.5 Å². The van der Waals surface area contributed by atoms with Crippen LogP contribution in [0.25, 0.3) is 0 Å². The van der Waals surface area contributed by atoms with Crippen LogP contribution >= 0.6 is 11.6 Å². The summed E-state index contributed by atoms with van der Waals surface area (Å²) in [6, 6.07) is 1.60. The SMILES string of the molecule is CCCC(Cl)CNC(=O)c1cc(C)no1. The third-order valence-corrected chi connectivity index (χ3v) is 2.31. The Morgan fingerprint density at radius 1 is 1.73 bits per heavy atom. The number of aryl methyl sites for hydroxylation is 1. The predicted octanol–water partition coefficient (Wildman–Crippen LogP) is 2.12. The van der Waals surface area contributed by atoms with Gasteiger partial charge in [0.05, 0.1) is 11.1 Å². The van der Waals surface area contributed by atoms with Crippen LogP contribution in [0.15, 0.2) is 10.6 Å². The fraction of sp³-hybridized carbons (Fsp3) is 0.600. The van der Waals surface area contributed by atoms with Crippen molar-refractivity contribution in [3.05, 3.63) is 17.5 Å². The normalized spacial score (nSPS) is 12.5. The van der Waals surface area contributed by atoms with Gasteiger partial charge in [-0.15, -0.1) is 11.6 Å². The highest BCUT2D eigenvalue weighted by Crippen LogP contribution is 2.05. The summed E-state index contributed by atoms with van der Waals surface area (Å²) >= 11 is 5.96. The van der Waals surface area contributed by atoms with Crippen LogP contribution in [0.2, 0.25) is 0 Å². The van der Waals surface area contributed by atoms with Crippen LogP contribution in [-0.2, 0) is 0 Å². The molecule has 5 heteroatoms. The minimum Gasteiger partial charge on any atom is -0.351 e. The molecule has 84 valence electrons. The molecular formula is C10H15ClN2O2. The third kappa shape index (κ3) is 3.91. The van der Waals surface area contributed by atoms with Crippen molar-refractivity contribution in [3.63, 3.8) is 0 Å². The number of aromatic nitrogens is 1. The van der Waals surface area contributed by atoms with Crippen LogP contribution in [0.4, 0.5) is 0 Å². The molecule has 1 rings (SSSR count). The first-order valence-electron chi connectivity index (χ1n) is 4.99. The first kappa shape index (κ1) is 12.0. The highest BCUT2D eigenvalue weighted by atomic mass is 35.5. The summed E-state index contributed by atoms with van der Waals surface area (Å²) in [5.41, 5.74) is 0.691. The Morgan fingerprint density at radius 3 is 3.00 bits per heavy atom.